The summed E-state index contributed by atoms with van der Waals surface area (Å²) in [6.07, 6.45) is 6.33. The van der Waals surface area contributed by atoms with Crippen molar-refractivity contribution in [2.75, 3.05) is 16.3 Å². The van der Waals surface area contributed by atoms with Crippen molar-refractivity contribution in [3.8, 4) is 11.1 Å². The molecule has 4 amide bonds. The monoisotopic (exact) mass is 437 g/mol. The third-order valence-corrected chi connectivity index (χ3v) is 7.22. The molecule has 1 saturated carbocycles. The molecule has 2 aromatic carbocycles. The van der Waals surface area contributed by atoms with Crippen LogP contribution in [0.5, 0.6) is 0 Å². The first kappa shape index (κ1) is 20.1. The average Bonchev–Trinajstić information content (AvgIpc) is 3.36. The van der Waals surface area contributed by atoms with Gasteiger partial charge >= 0.3 is 6.03 Å². The third-order valence-electron chi connectivity index (χ3n) is 6.82. The van der Waals surface area contributed by atoms with Crippen LogP contribution >= 0.6 is 11.6 Å². The topological polar surface area (TPSA) is 69.7 Å². The van der Waals surface area contributed by atoms with E-state index in [4.69, 9.17) is 11.6 Å². The molecule has 0 atom stereocenters. The van der Waals surface area contributed by atoms with Gasteiger partial charge in [-0.25, -0.2) is 4.79 Å². The van der Waals surface area contributed by atoms with E-state index in [9.17, 15) is 14.4 Å². The van der Waals surface area contributed by atoms with Crippen LogP contribution in [0.2, 0.25) is 5.02 Å². The van der Waals surface area contributed by atoms with Crippen LogP contribution in [-0.2, 0) is 9.59 Å². The van der Waals surface area contributed by atoms with Crippen LogP contribution < -0.4 is 15.1 Å². The maximum absolute atomic E-state index is 12.7. The molecule has 3 fully saturated rings. The third kappa shape index (κ3) is 3.39. The Bertz CT molecular complexity index is 1060. The van der Waals surface area contributed by atoms with E-state index < -0.39 is 6.03 Å². The van der Waals surface area contributed by atoms with E-state index in [0.29, 0.717) is 23.7 Å². The number of carbonyl (C=O) groups is 3. The molecule has 31 heavy (non-hydrogen) atoms. The van der Waals surface area contributed by atoms with Crippen molar-refractivity contribution in [2.45, 2.75) is 50.5 Å². The summed E-state index contributed by atoms with van der Waals surface area (Å²) in [5.74, 6) is -0.0686. The van der Waals surface area contributed by atoms with Crippen molar-refractivity contribution < 1.29 is 14.4 Å². The molecule has 5 rings (SSSR count). The maximum atomic E-state index is 12.7. The average molecular weight is 438 g/mol. The summed E-state index contributed by atoms with van der Waals surface area (Å²) < 4.78 is 0. The van der Waals surface area contributed by atoms with Gasteiger partial charge in [-0.1, -0.05) is 48.7 Å². The van der Waals surface area contributed by atoms with Gasteiger partial charge in [0.25, 0.3) is 0 Å². The zero-order valence-electron chi connectivity index (χ0n) is 17.2. The Labute approximate surface area is 186 Å². The number of halogens is 1. The molecule has 0 aromatic heterocycles. The molecule has 1 spiro atoms. The van der Waals surface area contributed by atoms with Crippen LogP contribution in [0.1, 0.15) is 44.9 Å². The van der Waals surface area contributed by atoms with E-state index in [1.165, 1.54) is 17.7 Å². The summed E-state index contributed by atoms with van der Waals surface area (Å²) >= 11 is 6.70. The highest BCUT2D eigenvalue weighted by Gasteiger charge is 2.47. The first-order valence-electron chi connectivity index (χ1n) is 10.8. The van der Waals surface area contributed by atoms with Gasteiger partial charge in [-0.3, -0.25) is 19.8 Å². The molecule has 2 aliphatic heterocycles. The largest absolute Gasteiger partial charge is 0.328 e. The Morgan fingerprint density at radius 1 is 0.903 bits per heavy atom. The van der Waals surface area contributed by atoms with Crippen molar-refractivity contribution in [3.63, 3.8) is 0 Å². The molecule has 2 aromatic rings. The molecule has 160 valence electrons. The van der Waals surface area contributed by atoms with Gasteiger partial charge in [0.1, 0.15) is 0 Å². The van der Waals surface area contributed by atoms with Gasteiger partial charge in [0, 0.05) is 36.2 Å². The lowest BCUT2D eigenvalue weighted by Gasteiger charge is -2.35. The van der Waals surface area contributed by atoms with Gasteiger partial charge in [0.15, 0.2) is 0 Å². The molecule has 0 radical (unpaired) electrons. The van der Waals surface area contributed by atoms with Crippen molar-refractivity contribution in [2.24, 2.45) is 0 Å². The van der Waals surface area contributed by atoms with E-state index in [1.807, 2.05) is 41.3 Å². The number of rotatable bonds is 3. The number of hydrogen-bond acceptors (Lipinski definition) is 3. The number of benzene rings is 2. The lowest BCUT2D eigenvalue weighted by atomic mass is 9.93. The van der Waals surface area contributed by atoms with Gasteiger partial charge in [-0.2, -0.15) is 0 Å². The van der Waals surface area contributed by atoms with Crippen LogP contribution in [0.15, 0.2) is 42.5 Å². The standard InChI is InChI=1S/C24H24ClN3O3/c25-22-18(4-3-5-19(22)27-15-11-20(29)26-23(27)31)16-6-8-17(9-7-16)28-21(30)10-14-24(28)12-1-2-13-24/h3-9H,1-2,10-15H2,(H,26,29,31). The van der Waals surface area contributed by atoms with Crippen molar-refractivity contribution in [1.82, 2.24) is 5.32 Å². The number of carbonyl (C=O) groups excluding carboxylic acids is 3. The van der Waals surface area contributed by atoms with Gasteiger partial charge < -0.3 is 4.90 Å². The van der Waals surface area contributed by atoms with Crippen LogP contribution in [0.4, 0.5) is 16.2 Å². The fourth-order valence-electron chi connectivity index (χ4n) is 5.29. The number of amides is 4. The van der Waals surface area contributed by atoms with E-state index in [2.05, 4.69) is 5.32 Å². The first-order valence-corrected chi connectivity index (χ1v) is 11.2. The number of hydrogen-bond donors (Lipinski definition) is 1. The number of nitrogens with one attached hydrogen (secondary N) is 1. The Morgan fingerprint density at radius 2 is 1.65 bits per heavy atom. The molecule has 0 unspecified atom stereocenters. The Balaban J connectivity index is 1.45. The fraction of sp³-hybridized carbons (Fsp3) is 0.375. The van der Waals surface area contributed by atoms with Crippen LogP contribution in [0, 0.1) is 0 Å². The van der Waals surface area contributed by atoms with Crippen molar-refractivity contribution in [1.29, 1.82) is 0 Å². The molecule has 1 aliphatic carbocycles. The molecular formula is C24H24ClN3O3. The summed E-state index contributed by atoms with van der Waals surface area (Å²) in [6.45, 7) is 0.298. The second-order valence-electron chi connectivity index (χ2n) is 8.60. The highest BCUT2D eigenvalue weighted by molar-refractivity contribution is 6.36. The Hall–Kier alpha value is -2.86. The number of anilines is 2. The van der Waals surface area contributed by atoms with E-state index >= 15 is 0 Å². The molecule has 1 N–H and O–H groups in total. The van der Waals surface area contributed by atoms with Crippen LogP contribution in [0.25, 0.3) is 11.1 Å². The van der Waals surface area contributed by atoms with Crippen molar-refractivity contribution >= 4 is 40.8 Å². The lowest BCUT2D eigenvalue weighted by molar-refractivity contribution is -0.120. The van der Waals surface area contributed by atoms with E-state index in [1.54, 1.807) is 6.07 Å². The minimum absolute atomic E-state index is 0.00474. The highest BCUT2D eigenvalue weighted by atomic mass is 35.5. The Kier molecular flexibility index (Phi) is 4.97. The Morgan fingerprint density at radius 3 is 2.35 bits per heavy atom. The molecule has 2 saturated heterocycles. The van der Waals surface area contributed by atoms with Crippen LogP contribution in [-0.4, -0.2) is 29.9 Å². The maximum Gasteiger partial charge on any atom is 0.328 e. The highest BCUT2D eigenvalue weighted by Crippen LogP contribution is 2.46. The number of imide groups is 1. The van der Waals surface area contributed by atoms with E-state index in [0.717, 1.165) is 36.1 Å². The van der Waals surface area contributed by atoms with Crippen molar-refractivity contribution in [3.05, 3.63) is 47.5 Å². The summed E-state index contributed by atoms with van der Waals surface area (Å²) in [6, 6.07) is 13.0. The minimum atomic E-state index is -0.458. The number of nitrogens with zero attached hydrogens (tertiary/aromatic N) is 2. The molecule has 3 aliphatic rings. The predicted molar refractivity (Wildman–Crippen MR) is 120 cm³/mol. The van der Waals surface area contributed by atoms with E-state index in [-0.39, 0.29) is 23.8 Å². The smallest absolute Gasteiger partial charge is 0.306 e. The van der Waals surface area contributed by atoms with Gasteiger partial charge in [-0.15, -0.1) is 0 Å². The summed E-state index contributed by atoms with van der Waals surface area (Å²) in [7, 11) is 0. The normalized spacial score (nSPS) is 20.6. The van der Waals surface area contributed by atoms with Gasteiger partial charge in [0.2, 0.25) is 11.8 Å². The quantitative estimate of drug-likeness (QED) is 0.742. The second kappa shape index (κ2) is 7.68. The summed E-state index contributed by atoms with van der Waals surface area (Å²) in [5.41, 5.74) is 3.23. The van der Waals surface area contributed by atoms with Gasteiger partial charge in [-0.05, 0) is 43.0 Å². The number of urea groups is 1. The summed E-state index contributed by atoms with van der Waals surface area (Å²) in [4.78, 5) is 39.9. The first-order chi connectivity index (χ1) is 15.0. The molecule has 2 heterocycles. The molecular weight excluding hydrogens is 414 g/mol. The van der Waals surface area contributed by atoms with Gasteiger partial charge in [0.05, 0.1) is 10.7 Å². The zero-order chi connectivity index (χ0) is 21.6. The lowest BCUT2D eigenvalue weighted by Crippen LogP contribution is -2.49. The molecule has 6 nitrogen and oxygen atoms in total. The SMILES string of the molecule is O=C1CCN(c2cccc(-c3ccc(N4C(=O)CCC45CCCC5)cc3)c2Cl)C(=O)N1. The zero-order valence-corrected chi connectivity index (χ0v) is 18.0. The molecule has 0 bridgehead atoms. The summed E-state index contributed by atoms with van der Waals surface area (Å²) in [5, 5.41) is 2.80. The predicted octanol–water partition coefficient (Wildman–Crippen LogP) is 4.89. The minimum Gasteiger partial charge on any atom is -0.306 e. The second-order valence-corrected chi connectivity index (χ2v) is 8.98. The molecule has 7 heteroatoms. The van der Waals surface area contributed by atoms with Crippen LogP contribution in [0.3, 0.4) is 0 Å². The fourth-order valence-corrected chi connectivity index (χ4v) is 5.62.